The van der Waals surface area contributed by atoms with Crippen LogP contribution in [0.1, 0.15) is 57.0 Å². The zero-order valence-corrected chi connectivity index (χ0v) is 22.1. The highest BCUT2D eigenvalue weighted by atomic mass is 32.1. The van der Waals surface area contributed by atoms with Crippen LogP contribution in [0.4, 0.5) is 0 Å². The van der Waals surface area contributed by atoms with E-state index in [1.54, 1.807) is 22.8 Å². The molecule has 6 nitrogen and oxygen atoms in total. The third kappa shape index (κ3) is 5.65. The first-order chi connectivity index (χ1) is 16.9. The third-order valence-electron chi connectivity index (χ3n) is 5.57. The van der Waals surface area contributed by atoms with Gasteiger partial charge in [0.25, 0.3) is 5.56 Å². The number of thiophene rings is 1. The summed E-state index contributed by atoms with van der Waals surface area (Å²) in [6, 6.07) is 10.9. The maximum absolute atomic E-state index is 13.6. The van der Waals surface area contributed by atoms with E-state index in [1.165, 1.54) is 11.3 Å². The van der Waals surface area contributed by atoms with E-state index in [2.05, 4.69) is 11.9 Å². The number of hydrogen-bond acceptors (Lipinski definition) is 7. The Hall–Kier alpha value is -2.97. The minimum Gasteiger partial charge on any atom is -0.494 e. The molecule has 1 unspecified atom stereocenters. The molecule has 0 saturated carbocycles. The summed E-state index contributed by atoms with van der Waals surface area (Å²) in [7, 11) is 0. The number of esters is 1. The Morgan fingerprint density at radius 1 is 1.23 bits per heavy atom. The maximum atomic E-state index is 13.6. The van der Waals surface area contributed by atoms with Crippen molar-refractivity contribution in [1.29, 1.82) is 0 Å². The van der Waals surface area contributed by atoms with Gasteiger partial charge in [-0.25, -0.2) is 9.79 Å². The Morgan fingerprint density at radius 2 is 2.00 bits per heavy atom. The number of hydrogen-bond donors (Lipinski definition) is 0. The van der Waals surface area contributed by atoms with Crippen LogP contribution in [-0.4, -0.2) is 23.8 Å². The average Bonchev–Trinajstić information content (AvgIpc) is 3.45. The van der Waals surface area contributed by atoms with Gasteiger partial charge in [-0.1, -0.05) is 56.7 Å². The Bertz CT molecular complexity index is 1380. The first-order valence-corrected chi connectivity index (χ1v) is 13.5. The lowest BCUT2D eigenvalue weighted by atomic mass is 9.96. The topological polar surface area (TPSA) is 69.9 Å². The summed E-state index contributed by atoms with van der Waals surface area (Å²) in [6.45, 7) is 8.85. The molecule has 0 radical (unpaired) electrons. The molecular formula is C27H30N2O4S2. The normalized spacial score (nSPS) is 15.8. The molecule has 0 aliphatic carbocycles. The van der Waals surface area contributed by atoms with Crippen LogP contribution in [0.5, 0.6) is 5.75 Å². The van der Waals surface area contributed by atoms with Crippen LogP contribution in [0, 0.1) is 5.92 Å². The first kappa shape index (κ1) is 25.1. The fourth-order valence-corrected chi connectivity index (χ4v) is 5.57. The van der Waals surface area contributed by atoms with E-state index < -0.39 is 12.0 Å². The van der Waals surface area contributed by atoms with Crippen LogP contribution in [0.25, 0.3) is 6.08 Å². The van der Waals surface area contributed by atoms with Crippen LogP contribution < -0.4 is 19.6 Å². The van der Waals surface area contributed by atoms with Crippen molar-refractivity contribution in [3.05, 3.63) is 83.2 Å². The van der Waals surface area contributed by atoms with Crippen molar-refractivity contribution < 1.29 is 14.3 Å². The first-order valence-electron chi connectivity index (χ1n) is 11.8. The molecule has 0 amide bonds. The van der Waals surface area contributed by atoms with E-state index in [1.807, 2.05) is 61.7 Å². The van der Waals surface area contributed by atoms with Gasteiger partial charge in [-0.2, -0.15) is 0 Å². The number of ether oxygens (including phenoxy) is 2. The highest BCUT2D eigenvalue weighted by molar-refractivity contribution is 7.11. The highest BCUT2D eigenvalue weighted by Gasteiger charge is 2.33. The molecule has 2 aromatic heterocycles. The van der Waals surface area contributed by atoms with Gasteiger partial charge in [0, 0.05) is 4.88 Å². The monoisotopic (exact) mass is 510 g/mol. The summed E-state index contributed by atoms with van der Waals surface area (Å²) >= 11 is 2.90. The van der Waals surface area contributed by atoms with Gasteiger partial charge in [-0.05, 0) is 54.5 Å². The van der Waals surface area contributed by atoms with Crippen molar-refractivity contribution in [1.82, 2.24) is 4.57 Å². The summed E-state index contributed by atoms with van der Waals surface area (Å²) in [4.78, 5) is 33.0. The standard InChI is InChI=1S/C27H30N2O4S2/c1-5-6-13-32-20-11-9-19(10-12-20)24-23(26(31)33-16-17(2)3)18(4)28-27-29(24)25(30)22(35-27)15-21-8-7-14-34-21/h7-12,14-15,17,24H,5-6,13,16H2,1-4H3. The van der Waals surface area contributed by atoms with Crippen molar-refractivity contribution in [3.63, 3.8) is 0 Å². The van der Waals surface area contributed by atoms with Gasteiger partial charge in [0.1, 0.15) is 5.75 Å². The Morgan fingerprint density at radius 3 is 2.66 bits per heavy atom. The molecule has 0 spiro atoms. The quantitative estimate of drug-likeness (QED) is 0.310. The van der Waals surface area contributed by atoms with Crippen molar-refractivity contribution in [2.75, 3.05) is 13.2 Å². The summed E-state index contributed by atoms with van der Waals surface area (Å²) in [5.74, 6) is 0.516. The molecule has 8 heteroatoms. The van der Waals surface area contributed by atoms with Crippen LogP contribution in [0.2, 0.25) is 0 Å². The van der Waals surface area contributed by atoms with Crippen molar-refractivity contribution in [2.24, 2.45) is 10.9 Å². The van der Waals surface area contributed by atoms with E-state index >= 15 is 0 Å². The number of allylic oxidation sites excluding steroid dienone is 1. The second-order valence-electron chi connectivity index (χ2n) is 8.86. The molecule has 1 atom stereocenters. The summed E-state index contributed by atoms with van der Waals surface area (Å²) in [5.41, 5.74) is 1.59. The predicted octanol–water partition coefficient (Wildman–Crippen LogP) is 4.67. The lowest BCUT2D eigenvalue weighted by Gasteiger charge is -2.25. The molecule has 184 valence electrons. The van der Waals surface area contributed by atoms with Gasteiger partial charge in [-0.3, -0.25) is 9.36 Å². The van der Waals surface area contributed by atoms with E-state index in [-0.39, 0.29) is 11.5 Å². The largest absolute Gasteiger partial charge is 0.494 e. The van der Waals surface area contributed by atoms with Gasteiger partial charge in [0.15, 0.2) is 4.80 Å². The van der Waals surface area contributed by atoms with E-state index in [9.17, 15) is 9.59 Å². The van der Waals surface area contributed by atoms with E-state index in [0.29, 0.717) is 33.8 Å². The van der Waals surface area contributed by atoms with Crippen molar-refractivity contribution >= 4 is 34.7 Å². The van der Waals surface area contributed by atoms with Gasteiger partial charge in [0.2, 0.25) is 0 Å². The van der Waals surface area contributed by atoms with Crippen LogP contribution in [0.15, 0.2) is 62.8 Å². The van der Waals surface area contributed by atoms with Gasteiger partial charge >= 0.3 is 5.97 Å². The second-order valence-corrected chi connectivity index (χ2v) is 10.8. The van der Waals surface area contributed by atoms with Gasteiger partial charge < -0.3 is 9.47 Å². The molecule has 3 aromatic rings. The molecule has 1 aromatic carbocycles. The van der Waals surface area contributed by atoms with Crippen LogP contribution >= 0.6 is 22.7 Å². The molecule has 3 heterocycles. The minimum atomic E-state index is -0.624. The fraction of sp³-hybridized carbons (Fsp3) is 0.370. The average molecular weight is 511 g/mol. The lowest BCUT2D eigenvalue weighted by Crippen LogP contribution is -2.40. The molecule has 1 aliphatic rings. The summed E-state index contributed by atoms with van der Waals surface area (Å²) in [5, 5.41) is 1.98. The van der Waals surface area contributed by atoms with E-state index in [4.69, 9.17) is 9.47 Å². The Labute approximate surface area is 212 Å². The number of aromatic nitrogens is 1. The molecular weight excluding hydrogens is 480 g/mol. The zero-order valence-electron chi connectivity index (χ0n) is 20.4. The fourth-order valence-electron chi connectivity index (χ4n) is 3.80. The third-order valence-corrected chi connectivity index (χ3v) is 7.37. The molecule has 0 bridgehead atoms. The number of fused-ring (bicyclic) bond motifs is 1. The van der Waals surface area contributed by atoms with Gasteiger partial charge in [-0.15, -0.1) is 11.3 Å². The number of unbranched alkanes of at least 4 members (excludes halogenated alkanes) is 1. The number of carbonyl (C=O) groups excluding carboxylic acids is 1. The number of thiazole rings is 1. The molecule has 0 saturated heterocycles. The maximum Gasteiger partial charge on any atom is 0.338 e. The number of carbonyl (C=O) groups is 1. The lowest BCUT2D eigenvalue weighted by molar-refractivity contribution is -0.140. The molecule has 4 rings (SSSR count). The van der Waals surface area contributed by atoms with Crippen molar-refractivity contribution in [2.45, 2.75) is 46.6 Å². The summed E-state index contributed by atoms with van der Waals surface area (Å²) in [6.07, 6.45) is 3.92. The second kappa shape index (κ2) is 11.2. The molecule has 35 heavy (non-hydrogen) atoms. The SMILES string of the molecule is CCCCOc1ccc(C2C(C(=O)OCC(C)C)=C(C)N=c3sc(=Cc4cccs4)c(=O)n32)cc1. The molecule has 0 N–H and O–H groups in total. The predicted molar refractivity (Wildman–Crippen MR) is 141 cm³/mol. The van der Waals surface area contributed by atoms with Gasteiger partial charge in [0.05, 0.1) is 35.1 Å². The Balaban J connectivity index is 1.80. The Kier molecular flexibility index (Phi) is 8.03. The van der Waals surface area contributed by atoms with E-state index in [0.717, 1.165) is 29.0 Å². The molecule has 1 aliphatic heterocycles. The molecule has 0 fully saturated rings. The van der Waals surface area contributed by atoms with Crippen LogP contribution in [0.3, 0.4) is 0 Å². The number of rotatable bonds is 9. The number of benzene rings is 1. The zero-order chi connectivity index (χ0) is 24.9. The van der Waals surface area contributed by atoms with Crippen molar-refractivity contribution in [3.8, 4) is 5.75 Å². The smallest absolute Gasteiger partial charge is 0.338 e. The number of nitrogens with zero attached hydrogens (tertiary/aromatic N) is 2. The minimum absolute atomic E-state index is 0.169. The summed E-state index contributed by atoms with van der Waals surface area (Å²) < 4.78 is 13.6. The van der Waals surface area contributed by atoms with Crippen LogP contribution in [-0.2, 0) is 9.53 Å². The highest BCUT2D eigenvalue weighted by Crippen LogP contribution is 2.31.